The van der Waals surface area contributed by atoms with E-state index in [0.717, 1.165) is 16.3 Å². The molecule has 0 radical (unpaired) electrons. The number of hydrogen-bond acceptors (Lipinski definition) is 2. The fourth-order valence-corrected chi connectivity index (χ4v) is 3.88. The lowest BCUT2D eigenvalue weighted by Crippen LogP contribution is -2.32. The first kappa shape index (κ1) is 12.4. The average Bonchev–Trinajstić information content (AvgIpc) is 2.81. The Kier molecular flexibility index (Phi) is 4.28. The monoisotopic (exact) mass is 275 g/mol. The van der Waals surface area contributed by atoms with E-state index in [2.05, 4.69) is 11.9 Å². The molecule has 16 heavy (non-hydrogen) atoms. The molecule has 1 aromatic rings. The van der Waals surface area contributed by atoms with Crippen molar-refractivity contribution in [2.75, 3.05) is 23.5 Å². The highest BCUT2D eigenvalue weighted by Gasteiger charge is 2.23. The third-order valence-corrected chi connectivity index (χ3v) is 4.76. The summed E-state index contributed by atoms with van der Waals surface area (Å²) in [5, 5.41) is 0.803. The van der Waals surface area contributed by atoms with E-state index in [9.17, 15) is 0 Å². The predicted molar refractivity (Wildman–Crippen MR) is 75.1 cm³/mol. The van der Waals surface area contributed by atoms with Crippen LogP contribution < -0.4 is 4.90 Å². The van der Waals surface area contributed by atoms with Gasteiger partial charge in [0.25, 0.3) is 0 Å². The number of benzene rings is 1. The minimum Gasteiger partial charge on any atom is -0.369 e. The van der Waals surface area contributed by atoms with Gasteiger partial charge in [0.05, 0.1) is 10.7 Å². The zero-order valence-electron chi connectivity index (χ0n) is 9.25. The van der Waals surface area contributed by atoms with Crippen molar-refractivity contribution in [3.05, 3.63) is 28.8 Å². The molecule has 1 nitrogen and oxygen atoms in total. The molecule has 1 unspecified atom stereocenters. The van der Waals surface area contributed by atoms with Gasteiger partial charge in [-0.25, -0.2) is 0 Å². The summed E-state index contributed by atoms with van der Waals surface area (Å²) >= 11 is 14.2. The molecule has 1 fully saturated rings. The van der Waals surface area contributed by atoms with Gasteiger partial charge in [-0.05, 0) is 23.8 Å². The molecular formula is C12H15Cl2NS. The minimum absolute atomic E-state index is 0.514. The van der Waals surface area contributed by atoms with Gasteiger partial charge >= 0.3 is 0 Å². The second kappa shape index (κ2) is 5.52. The Morgan fingerprint density at radius 2 is 2.31 bits per heavy atom. The summed E-state index contributed by atoms with van der Waals surface area (Å²) in [5.41, 5.74) is 2.22. The first-order valence-corrected chi connectivity index (χ1v) is 7.44. The van der Waals surface area contributed by atoms with Crippen molar-refractivity contribution >= 4 is 40.7 Å². The Morgan fingerprint density at radius 3 is 2.94 bits per heavy atom. The van der Waals surface area contributed by atoms with Crippen molar-refractivity contribution in [3.63, 3.8) is 0 Å². The third kappa shape index (κ3) is 2.44. The maximum absolute atomic E-state index is 6.27. The Hall–Kier alpha value is -0.0500. The fraction of sp³-hybridized carbons (Fsp3) is 0.500. The number of para-hydroxylation sites is 1. The molecule has 0 N–H and O–H groups in total. The maximum Gasteiger partial charge on any atom is 0.0642 e. The van der Waals surface area contributed by atoms with Crippen molar-refractivity contribution in [3.8, 4) is 0 Å². The third-order valence-electron chi connectivity index (χ3n) is 3.02. The largest absolute Gasteiger partial charge is 0.369 e. The highest BCUT2D eigenvalue weighted by molar-refractivity contribution is 7.99. The van der Waals surface area contributed by atoms with Crippen molar-refractivity contribution in [2.24, 2.45) is 0 Å². The van der Waals surface area contributed by atoms with Crippen LogP contribution in [0, 0.1) is 0 Å². The molecule has 1 heterocycles. The lowest BCUT2D eigenvalue weighted by molar-refractivity contribution is 0.698. The van der Waals surface area contributed by atoms with E-state index in [4.69, 9.17) is 23.2 Å². The summed E-state index contributed by atoms with van der Waals surface area (Å²) in [5.74, 6) is 2.94. The summed E-state index contributed by atoms with van der Waals surface area (Å²) in [6.07, 6.45) is 1.23. The molecule has 0 spiro atoms. The summed E-state index contributed by atoms with van der Waals surface area (Å²) in [6, 6.07) is 6.53. The van der Waals surface area contributed by atoms with Crippen LogP contribution >= 0.6 is 35.0 Å². The Morgan fingerprint density at radius 1 is 1.50 bits per heavy atom. The highest BCUT2D eigenvalue weighted by atomic mass is 35.5. The summed E-state index contributed by atoms with van der Waals surface area (Å²) in [7, 11) is 2.12. The van der Waals surface area contributed by atoms with Gasteiger partial charge in [-0.15, -0.1) is 11.6 Å². The van der Waals surface area contributed by atoms with E-state index in [1.807, 2.05) is 30.0 Å². The summed E-state index contributed by atoms with van der Waals surface area (Å²) < 4.78 is 0. The van der Waals surface area contributed by atoms with Crippen LogP contribution in [0.3, 0.4) is 0 Å². The van der Waals surface area contributed by atoms with Crippen LogP contribution in [0.4, 0.5) is 5.69 Å². The second-order valence-corrected chi connectivity index (χ2v) is 5.83. The lowest BCUT2D eigenvalue weighted by Gasteiger charge is -2.28. The molecule has 4 heteroatoms. The smallest absolute Gasteiger partial charge is 0.0642 e. The fourth-order valence-electron chi connectivity index (χ4n) is 2.07. The number of rotatable bonds is 3. The van der Waals surface area contributed by atoms with Crippen molar-refractivity contribution in [1.29, 1.82) is 0 Å². The number of alkyl halides is 1. The van der Waals surface area contributed by atoms with Crippen LogP contribution in [0.5, 0.6) is 0 Å². The normalized spacial score (nSPS) is 20.1. The molecule has 1 aliphatic heterocycles. The van der Waals surface area contributed by atoms with Gasteiger partial charge in [0.1, 0.15) is 0 Å². The zero-order valence-corrected chi connectivity index (χ0v) is 11.6. The van der Waals surface area contributed by atoms with Crippen LogP contribution in [-0.2, 0) is 5.88 Å². The highest BCUT2D eigenvalue weighted by Crippen LogP contribution is 2.34. The van der Waals surface area contributed by atoms with Crippen LogP contribution in [0.1, 0.15) is 12.0 Å². The van der Waals surface area contributed by atoms with Crippen LogP contribution in [0.25, 0.3) is 0 Å². The molecule has 1 aromatic carbocycles. The van der Waals surface area contributed by atoms with E-state index in [0.29, 0.717) is 11.9 Å². The molecule has 1 aliphatic rings. The molecule has 0 amide bonds. The van der Waals surface area contributed by atoms with Gasteiger partial charge in [-0.2, -0.15) is 11.8 Å². The van der Waals surface area contributed by atoms with E-state index >= 15 is 0 Å². The van der Waals surface area contributed by atoms with E-state index < -0.39 is 0 Å². The van der Waals surface area contributed by atoms with Gasteiger partial charge in [0.2, 0.25) is 0 Å². The average molecular weight is 276 g/mol. The standard InChI is InChI=1S/C12H15Cl2NS/c1-15(10-5-6-16-8-10)12-9(7-13)3-2-4-11(12)14/h2-4,10H,5-8H2,1H3. The Labute approximate surface area is 111 Å². The van der Waals surface area contributed by atoms with Crippen LogP contribution in [0.2, 0.25) is 5.02 Å². The number of anilines is 1. The second-order valence-electron chi connectivity index (χ2n) is 4.01. The molecule has 1 saturated heterocycles. The van der Waals surface area contributed by atoms with Crippen molar-refractivity contribution in [2.45, 2.75) is 18.3 Å². The molecule has 0 bridgehead atoms. The molecule has 1 atom stereocenters. The lowest BCUT2D eigenvalue weighted by atomic mass is 10.1. The molecule has 0 aliphatic carbocycles. The number of halogens is 2. The number of hydrogen-bond donors (Lipinski definition) is 0. The van der Waals surface area contributed by atoms with Crippen molar-refractivity contribution in [1.82, 2.24) is 0 Å². The molecule has 88 valence electrons. The van der Waals surface area contributed by atoms with E-state index in [1.54, 1.807) is 0 Å². The SMILES string of the molecule is CN(c1c(Cl)cccc1CCl)C1CCSC1. The van der Waals surface area contributed by atoms with Gasteiger partial charge in [-0.3, -0.25) is 0 Å². The van der Waals surface area contributed by atoms with Gasteiger partial charge in [0.15, 0.2) is 0 Å². The Bertz CT molecular complexity index is 364. The summed E-state index contributed by atoms with van der Waals surface area (Å²) in [6.45, 7) is 0. The topological polar surface area (TPSA) is 3.24 Å². The molecular weight excluding hydrogens is 261 g/mol. The predicted octanol–water partition coefficient (Wildman–Crippen LogP) is 4.02. The van der Waals surface area contributed by atoms with Gasteiger partial charge in [-0.1, -0.05) is 23.7 Å². The molecule has 2 rings (SSSR count). The van der Waals surface area contributed by atoms with E-state index in [-0.39, 0.29) is 0 Å². The van der Waals surface area contributed by atoms with Crippen LogP contribution in [0.15, 0.2) is 18.2 Å². The van der Waals surface area contributed by atoms with Crippen molar-refractivity contribution < 1.29 is 0 Å². The summed E-state index contributed by atoms with van der Waals surface area (Å²) in [4.78, 5) is 2.29. The first-order valence-electron chi connectivity index (χ1n) is 5.38. The molecule has 0 saturated carbocycles. The Balaban J connectivity index is 2.30. The number of thioether (sulfide) groups is 1. The minimum atomic E-state index is 0.514. The number of nitrogens with zero attached hydrogens (tertiary/aromatic N) is 1. The quantitative estimate of drug-likeness (QED) is 0.767. The maximum atomic E-state index is 6.27. The molecule has 0 aromatic heterocycles. The van der Waals surface area contributed by atoms with Gasteiger partial charge in [0, 0.05) is 24.7 Å². The first-order chi connectivity index (χ1) is 7.74. The van der Waals surface area contributed by atoms with Crippen LogP contribution in [-0.4, -0.2) is 24.6 Å². The van der Waals surface area contributed by atoms with E-state index in [1.165, 1.54) is 17.9 Å². The zero-order chi connectivity index (χ0) is 11.5. The van der Waals surface area contributed by atoms with Gasteiger partial charge < -0.3 is 4.90 Å².